The molecule has 0 spiro atoms. The lowest BCUT2D eigenvalue weighted by molar-refractivity contribution is -0.150. The average molecular weight is 387 g/mol. The highest BCUT2D eigenvalue weighted by molar-refractivity contribution is 6.07. The zero-order valence-electron chi connectivity index (χ0n) is 17.2. The predicted octanol–water partition coefficient (Wildman–Crippen LogP) is 5.61. The van der Waals surface area contributed by atoms with Gasteiger partial charge in [-0.2, -0.15) is 0 Å². The number of carbonyl (C=O) groups excluding carboxylic acids is 1. The Morgan fingerprint density at radius 3 is 2.31 bits per heavy atom. The fraction of sp³-hybridized carbons (Fsp3) is 0.240. The molecule has 0 saturated heterocycles. The van der Waals surface area contributed by atoms with Gasteiger partial charge in [-0.25, -0.2) is 4.79 Å². The number of ether oxygens (including phenoxy) is 1. The molecule has 1 atom stereocenters. The predicted molar refractivity (Wildman–Crippen MR) is 115 cm³/mol. The van der Waals surface area contributed by atoms with Crippen LogP contribution in [0, 0.1) is 0 Å². The second kappa shape index (κ2) is 7.28. The molecule has 0 bridgehead atoms. The molecule has 0 aliphatic carbocycles. The van der Waals surface area contributed by atoms with Gasteiger partial charge >= 0.3 is 5.97 Å². The van der Waals surface area contributed by atoms with E-state index in [1.54, 1.807) is 6.26 Å². The van der Waals surface area contributed by atoms with E-state index < -0.39 is 5.60 Å². The van der Waals surface area contributed by atoms with E-state index in [1.165, 1.54) is 0 Å². The van der Waals surface area contributed by atoms with Crippen LogP contribution >= 0.6 is 0 Å². The number of hydrogen-bond acceptors (Lipinski definition) is 4. The van der Waals surface area contributed by atoms with Crippen molar-refractivity contribution in [1.29, 1.82) is 0 Å². The molecule has 0 amide bonds. The van der Waals surface area contributed by atoms with Gasteiger partial charge < -0.3 is 14.1 Å². The van der Waals surface area contributed by atoms with Gasteiger partial charge in [0.25, 0.3) is 0 Å². The van der Waals surface area contributed by atoms with Gasteiger partial charge in [0.1, 0.15) is 17.4 Å². The zero-order valence-corrected chi connectivity index (χ0v) is 17.2. The van der Waals surface area contributed by atoms with Crippen molar-refractivity contribution in [3.8, 4) is 0 Å². The number of para-hydroxylation sites is 1. The van der Waals surface area contributed by atoms with E-state index in [-0.39, 0.29) is 12.0 Å². The van der Waals surface area contributed by atoms with E-state index in [0.29, 0.717) is 11.3 Å². The standard InChI is InChI=1S/C25H25NO3/c1-25(2,3)29-24(27)22-21(17-11-6-5-7-12-17)18-13-8-9-14-19(18)26(4)23(22)20-15-10-16-28-20/h5-16,23H,1-4H3. The molecule has 4 rings (SSSR count). The van der Waals surface area contributed by atoms with Crippen molar-refractivity contribution in [1.82, 2.24) is 0 Å². The number of nitrogens with zero attached hydrogens (tertiary/aromatic N) is 1. The average Bonchev–Trinajstić information content (AvgIpc) is 3.21. The molecular weight excluding hydrogens is 362 g/mol. The molecule has 3 aromatic rings. The van der Waals surface area contributed by atoms with Crippen LogP contribution in [0.2, 0.25) is 0 Å². The minimum atomic E-state index is -0.602. The highest BCUT2D eigenvalue weighted by atomic mass is 16.6. The third-order valence-electron chi connectivity index (χ3n) is 4.98. The smallest absolute Gasteiger partial charge is 0.337 e. The molecule has 1 aliphatic rings. The van der Waals surface area contributed by atoms with Crippen LogP contribution in [0.5, 0.6) is 0 Å². The van der Waals surface area contributed by atoms with E-state index in [4.69, 9.17) is 9.15 Å². The number of anilines is 1. The van der Waals surface area contributed by atoms with Gasteiger partial charge in [-0.1, -0.05) is 48.5 Å². The Kier molecular flexibility index (Phi) is 4.79. The highest BCUT2D eigenvalue weighted by Crippen LogP contribution is 2.47. The third kappa shape index (κ3) is 3.58. The summed E-state index contributed by atoms with van der Waals surface area (Å²) in [6.45, 7) is 5.65. The Labute approximate surface area is 171 Å². The minimum Gasteiger partial charge on any atom is -0.467 e. The topological polar surface area (TPSA) is 42.7 Å². The van der Waals surface area contributed by atoms with Gasteiger partial charge in [0.2, 0.25) is 0 Å². The molecule has 0 N–H and O–H groups in total. The maximum absolute atomic E-state index is 13.5. The molecular formula is C25H25NO3. The highest BCUT2D eigenvalue weighted by Gasteiger charge is 2.39. The summed E-state index contributed by atoms with van der Waals surface area (Å²) >= 11 is 0. The first-order valence-corrected chi connectivity index (χ1v) is 9.75. The lowest BCUT2D eigenvalue weighted by Gasteiger charge is -2.38. The van der Waals surface area contributed by atoms with Crippen molar-refractivity contribution >= 4 is 17.2 Å². The molecule has 4 heteroatoms. The van der Waals surface area contributed by atoms with Crippen LogP contribution in [0.3, 0.4) is 0 Å². The van der Waals surface area contributed by atoms with Crippen LogP contribution in [0.4, 0.5) is 5.69 Å². The number of hydrogen-bond donors (Lipinski definition) is 0. The maximum Gasteiger partial charge on any atom is 0.337 e. The third-order valence-corrected chi connectivity index (χ3v) is 4.98. The fourth-order valence-corrected chi connectivity index (χ4v) is 3.85. The largest absolute Gasteiger partial charge is 0.467 e. The molecule has 2 aromatic carbocycles. The zero-order chi connectivity index (χ0) is 20.6. The summed E-state index contributed by atoms with van der Waals surface area (Å²) in [5.41, 5.74) is 3.89. The molecule has 1 aromatic heterocycles. The molecule has 29 heavy (non-hydrogen) atoms. The molecule has 0 fully saturated rings. The van der Waals surface area contributed by atoms with Gasteiger partial charge in [-0.3, -0.25) is 0 Å². The van der Waals surface area contributed by atoms with E-state index >= 15 is 0 Å². The first kappa shape index (κ1) is 19.1. The molecule has 1 unspecified atom stereocenters. The summed E-state index contributed by atoms with van der Waals surface area (Å²) in [4.78, 5) is 15.6. The number of fused-ring (bicyclic) bond motifs is 1. The van der Waals surface area contributed by atoms with Crippen molar-refractivity contribution in [2.75, 3.05) is 11.9 Å². The van der Waals surface area contributed by atoms with E-state index in [2.05, 4.69) is 17.0 Å². The Morgan fingerprint density at radius 2 is 1.66 bits per heavy atom. The summed E-state index contributed by atoms with van der Waals surface area (Å²) in [7, 11) is 1.98. The van der Waals surface area contributed by atoms with Crippen molar-refractivity contribution in [2.45, 2.75) is 32.4 Å². The summed E-state index contributed by atoms with van der Waals surface area (Å²) in [5, 5.41) is 0. The van der Waals surface area contributed by atoms with Gasteiger partial charge in [0.15, 0.2) is 0 Å². The normalized spacial score (nSPS) is 16.6. The molecule has 1 aliphatic heterocycles. The molecule has 0 saturated carbocycles. The molecule has 0 radical (unpaired) electrons. The molecule has 148 valence electrons. The van der Waals surface area contributed by atoms with Crippen LogP contribution in [0.1, 0.15) is 43.7 Å². The lowest BCUT2D eigenvalue weighted by Crippen LogP contribution is -2.36. The maximum atomic E-state index is 13.5. The second-order valence-corrected chi connectivity index (χ2v) is 8.20. The lowest BCUT2D eigenvalue weighted by atomic mass is 9.83. The summed E-state index contributed by atoms with van der Waals surface area (Å²) in [6.07, 6.45) is 1.64. The van der Waals surface area contributed by atoms with Gasteiger partial charge in [-0.05, 0) is 44.5 Å². The van der Waals surface area contributed by atoms with Gasteiger partial charge in [-0.15, -0.1) is 0 Å². The van der Waals surface area contributed by atoms with Crippen molar-refractivity contribution in [3.05, 3.63) is 95.5 Å². The van der Waals surface area contributed by atoms with Gasteiger partial charge in [0.05, 0.1) is 11.8 Å². The number of esters is 1. The van der Waals surface area contributed by atoms with E-state index in [1.807, 2.05) is 82.4 Å². The monoisotopic (exact) mass is 387 g/mol. The first-order valence-electron chi connectivity index (χ1n) is 9.75. The van der Waals surface area contributed by atoms with Crippen LogP contribution in [-0.2, 0) is 9.53 Å². The van der Waals surface area contributed by atoms with E-state index in [0.717, 1.165) is 22.4 Å². The van der Waals surface area contributed by atoms with Crippen molar-refractivity contribution < 1.29 is 13.9 Å². The number of benzene rings is 2. The van der Waals surface area contributed by atoms with Gasteiger partial charge in [0, 0.05) is 23.9 Å². The number of rotatable bonds is 3. The molecule has 2 heterocycles. The van der Waals surface area contributed by atoms with Crippen LogP contribution in [-0.4, -0.2) is 18.6 Å². The van der Waals surface area contributed by atoms with E-state index in [9.17, 15) is 4.79 Å². The minimum absolute atomic E-state index is 0.334. The molecule has 4 nitrogen and oxygen atoms in total. The number of furan rings is 1. The Morgan fingerprint density at radius 1 is 0.966 bits per heavy atom. The SMILES string of the molecule is CN1c2ccccc2C(c2ccccc2)=C(C(=O)OC(C)(C)C)C1c1ccco1. The van der Waals surface area contributed by atoms with Crippen LogP contribution < -0.4 is 4.90 Å². The Balaban J connectivity index is 2.03. The summed E-state index contributed by atoms with van der Waals surface area (Å²) in [5.74, 6) is 0.371. The quantitative estimate of drug-likeness (QED) is 0.548. The van der Waals surface area contributed by atoms with Crippen molar-refractivity contribution in [3.63, 3.8) is 0 Å². The number of carbonyl (C=O) groups is 1. The van der Waals surface area contributed by atoms with Crippen LogP contribution in [0.15, 0.2) is 83.0 Å². The Hall–Kier alpha value is -3.27. The van der Waals surface area contributed by atoms with Crippen LogP contribution in [0.25, 0.3) is 5.57 Å². The summed E-state index contributed by atoms with van der Waals surface area (Å²) in [6, 6.07) is 21.5. The summed E-state index contributed by atoms with van der Waals surface area (Å²) < 4.78 is 11.6. The fourth-order valence-electron chi connectivity index (χ4n) is 3.85. The number of likely N-dealkylation sites (N-methyl/N-ethyl adjacent to an activating group) is 1. The second-order valence-electron chi connectivity index (χ2n) is 8.20. The van der Waals surface area contributed by atoms with Crippen molar-refractivity contribution in [2.24, 2.45) is 0 Å². The first-order chi connectivity index (χ1) is 13.9. The Bertz CT molecular complexity index is 1040.